The van der Waals surface area contributed by atoms with Gasteiger partial charge in [-0.05, 0) is 77.0 Å². The largest absolute Gasteiger partial charge is 0.756 e. The summed E-state index contributed by atoms with van der Waals surface area (Å²) in [5, 5.41) is 0. The number of rotatable bonds is 43. The minimum Gasteiger partial charge on any atom is -0.756 e. The van der Waals surface area contributed by atoms with Gasteiger partial charge in [0, 0.05) is 12.8 Å². The van der Waals surface area contributed by atoms with Crippen LogP contribution in [-0.2, 0) is 32.7 Å². The number of phosphoric acid groups is 1. The molecule has 0 N–H and O–H groups in total. The van der Waals surface area contributed by atoms with Gasteiger partial charge in [0.2, 0.25) is 0 Å². The molecular weight excluding hydrogens is 774 g/mol. The molecule has 0 aliphatic heterocycles. The molecule has 2 atom stereocenters. The smallest absolute Gasteiger partial charge is 0.306 e. The standard InChI is InChI=1S/C50H90NO8P/c1-6-8-10-12-14-16-18-20-22-24-25-27-29-31-33-35-37-39-41-43-50(53)59-48(47-58-60(54,55)57-45-44-51(3,4)5)46-56-49(52)42-40-38-36-34-32-30-28-26-23-21-19-17-15-13-11-9-7-2/h15,17,21,23-25,28,30,34,36,48H,6-14,16,18-20,22,26-27,29,31-33,35,37-47H2,1-5H3/b17-15-,23-21-,25-24-,30-28-,36-34-/t48-/m1/s1. The van der Waals surface area contributed by atoms with Gasteiger partial charge in [-0.3, -0.25) is 14.2 Å². The lowest BCUT2D eigenvalue weighted by atomic mass is 10.1. The van der Waals surface area contributed by atoms with Gasteiger partial charge in [0.1, 0.15) is 19.8 Å². The number of phosphoric ester groups is 1. The van der Waals surface area contributed by atoms with Crippen molar-refractivity contribution >= 4 is 19.8 Å². The van der Waals surface area contributed by atoms with E-state index < -0.39 is 32.5 Å². The molecule has 9 nitrogen and oxygen atoms in total. The molecule has 0 fully saturated rings. The van der Waals surface area contributed by atoms with Crippen LogP contribution in [-0.4, -0.2) is 70.0 Å². The first kappa shape index (κ1) is 57.7. The van der Waals surface area contributed by atoms with E-state index in [1.807, 2.05) is 21.1 Å². The molecule has 0 aromatic rings. The third-order valence-electron chi connectivity index (χ3n) is 10.0. The van der Waals surface area contributed by atoms with Gasteiger partial charge in [-0.1, -0.05) is 164 Å². The molecule has 0 aliphatic carbocycles. The van der Waals surface area contributed by atoms with Crippen molar-refractivity contribution < 1.29 is 42.1 Å². The highest BCUT2D eigenvalue weighted by Crippen LogP contribution is 2.38. The first-order valence-corrected chi connectivity index (χ1v) is 25.5. The summed E-state index contributed by atoms with van der Waals surface area (Å²) >= 11 is 0. The zero-order valence-corrected chi connectivity index (χ0v) is 40.0. The van der Waals surface area contributed by atoms with Gasteiger partial charge in [0.05, 0.1) is 27.7 Å². The van der Waals surface area contributed by atoms with Crippen LogP contribution in [0, 0.1) is 0 Å². The molecule has 0 aliphatic rings. The Morgan fingerprint density at radius 2 is 0.917 bits per heavy atom. The fraction of sp³-hybridized carbons (Fsp3) is 0.760. The van der Waals surface area contributed by atoms with E-state index >= 15 is 0 Å². The number of quaternary nitrogens is 1. The van der Waals surface area contributed by atoms with E-state index in [4.69, 9.17) is 18.5 Å². The van der Waals surface area contributed by atoms with Crippen molar-refractivity contribution in [1.82, 2.24) is 0 Å². The number of carbonyl (C=O) groups is 2. The average Bonchev–Trinajstić information content (AvgIpc) is 3.20. The molecule has 0 heterocycles. The summed E-state index contributed by atoms with van der Waals surface area (Å²) in [5.74, 6) is -0.906. The maximum absolute atomic E-state index is 12.7. The molecule has 60 heavy (non-hydrogen) atoms. The quantitative estimate of drug-likeness (QED) is 0.0196. The predicted molar refractivity (Wildman–Crippen MR) is 250 cm³/mol. The molecular formula is C50H90NO8P. The van der Waals surface area contributed by atoms with Crippen molar-refractivity contribution in [2.45, 2.75) is 200 Å². The second-order valence-corrected chi connectivity index (χ2v) is 18.5. The minimum atomic E-state index is -4.64. The monoisotopic (exact) mass is 864 g/mol. The Balaban J connectivity index is 4.40. The van der Waals surface area contributed by atoms with Crippen LogP contribution in [0.1, 0.15) is 194 Å². The summed E-state index contributed by atoms with van der Waals surface area (Å²) in [7, 11) is 1.13. The van der Waals surface area contributed by atoms with Gasteiger partial charge in [-0.25, -0.2) is 0 Å². The normalized spacial score (nSPS) is 14.0. The lowest BCUT2D eigenvalue weighted by Crippen LogP contribution is -2.37. The van der Waals surface area contributed by atoms with Crippen LogP contribution in [0.3, 0.4) is 0 Å². The van der Waals surface area contributed by atoms with Crippen LogP contribution >= 0.6 is 7.82 Å². The number of hydrogen-bond donors (Lipinski definition) is 0. The van der Waals surface area contributed by atoms with Crippen molar-refractivity contribution in [3.8, 4) is 0 Å². The molecule has 0 bridgehead atoms. The van der Waals surface area contributed by atoms with Gasteiger partial charge in [0.25, 0.3) is 7.82 Å². The molecule has 0 rings (SSSR count). The molecule has 0 amide bonds. The van der Waals surface area contributed by atoms with E-state index in [1.165, 1.54) is 103 Å². The Labute approximate surface area is 368 Å². The maximum atomic E-state index is 12.7. The molecule has 10 heteroatoms. The van der Waals surface area contributed by atoms with Crippen LogP contribution in [0.2, 0.25) is 0 Å². The number of carbonyl (C=O) groups excluding carboxylic acids is 2. The summed E-state index contributed by atoms with van der Waals surface area (Å²) in [6.07, 6.45) is 51.1. The zero-order chi connectivity index (χ0) is 44.3. The minimum absolute atomic E-state index is 0.0421. The van der Waals surface area contributed by atoms with E-state index in [9.17, 15) is 19.0 Å². The molecule has 0 aromatic carbocycles. The average molecular weight is 864 g/mol. The van der Waals surface area contributed by atoms with Crippen molar-refractivity contribution in [2.75, 3.05) is 47.5 Å². The molecule has 348 valence electrons. The number of unbranched alkanes of at least 4 members (excludes halogenated alkanes) is 19. The van der Waals surface area contributed by atoms with Crippen LogP contribution in [0.15, 0.2) is 60.8 Å². The third kappa shape index (κ3) is 45.2. The van der Waals surface area contributed by atoms with Crippen molar-refractivity contribution in [1.29, 1.82) is 0 Å². The lowest BCUT2D eigenvalue weighted by molar-refractivity contribution is -0.870. The highest BCUT2D eigenvalue weighted by Gasteiger charge is 2.21. The number of allylic oxidation sites excluding steroid dienone is 10. The number of likely N-dealkylation sites (N-methyl/N-ethyl adjacent to an activating group) is 1. The van der Waals surface area contributed by atoms with Crippen molar-refractivity contribution in [3.63, 3.8) is 0 Å². The molecule has 1 unspecified atom stereocenters. The van der Waals surface area contributed by atoms with Gasteiger partial charge < -0.3 is 27.9 Å². The first-order chi connectivity index (χ1) is 29.0. The Bertz CT molecular complexity index is 1210. The van der Waals surface area contributed by atoms with Crippen LogP contribution in [0.4, 0.5) is 0 Å². The van der Waals surface area contributed by atoms with Crippen LogP contribution in [0.25, 0.3) is 0 Å². The summed E-state index contributed by atoms with van der Waals surface area (Å²) in [5.41, 5.74) is 0. The van der Waals surface area contributed by atoms with Gasteiger partial charge in [-0.15, -0.1) is 0 Å². The highest BCUT2D eigenvalue weighted by atomic mass is 31.2. The third-order valence-corrected chi connectivity index (χ3v) is 11.0. The summed E-state index contributed by atoms with van der Waals surface area (Å²) < 4.78 is 33.9. The molecule has 0 saturated carbocycles. The summed E-state index contributed by atoms with van der Waals surface area (Å²) in [6, 6.07) is 0. The molecule has 0 saturated heterocycles. The van der Waals surface area contributed by atoms with Crippen LogP contribution < -0.4 is 4.89 Å². The van der Waals surface area contributed by atoms with E-state index in [0.717, 1.165) is 51.4 Å². The van der Waals surface area contributed by atoms with Gasteiger partial charge >= 0.3 is 11.9 Å². The number of ether oxygens (including phenoxy) is 2. The molecule has 0 radical (unpaired) electrons. The van der Waals surface area contributed by atoms with Crippen LogP contribution in [0.5, 0.6) is 0 Å². The van der Waals surface area contributed by atoms with E-state index in [2.05, 4.69) is 74.6 Å². The summed E-state index contributed by atoms with van der Waals surface area (Å²) in [6.45, 7) is 4.13. The maximum Gasteiger partial charge on any atom is 0.306 e. The van der Waals surface area contributed by atoms with Crippen molar-refractivity contribution in [3.05, 3.63) is 60.8 Å². The first-order valence-electron chi connectivity index (χ1n) is 24.0. The second kappa shape index (κ2) is 42.0. The van der Waals surface area contributed by atoms with E-state index in [0.29, 0.717) is 23.9 Å². The van der Waals surface area contributed by atoms with E-state index in [-0.39, 0.29) is 26.1 Å². The van der Waals surface area contributed by atoms with E-state index in [1.54, 1.807) is 0 Å². The summed E-state index contributed by atoms with van der Waals surface area (Å²) in [4.78, 5) is 37.6. The SMILES string of the molecule is CCCCC/C=C\C/C=C\C/C=C\C/C=C\CCCC(=O)OC[C@H](COP(=O)([O-])OCC[N+](C)(C)C)OC(=O)CCCCCCCCC/C=C\CCCCCCCCCC. The van der Waals surface area contributed by atoms with Crippen molar-refractivity contribution in [2.24, 2.45) is 0 Å². The zero-order valence-electron chi connectivity index (χ0n) is 39.1. The van der Waals surface area contributed by atoms with Gasteiger partial charge in [0.15, 0.2) is 6.10 Å². The lowest BCUT2D eigenvalue weighted by Gasteiger charge is -2.28. The topological polar surface area (TPSA) is 111 Å². The van der Waals surface area contributed by atoms with Gasteiger partial charge in [-0.2, -0.15) is 0 Å². The molecule has 0 aromatic heterocycles. The second-order valence-electron chi connectivity index (χ2n) is 17.1. The highest BCUT2D eigenvalue weighted by molar-refractivity contribution is 7.45. The number of esters is 2. The number of hydrogen-bond acceptors (Lipinski definition) is 8. The Hall–Kier alpha value is -2.29. The Morgan fingerprint density at radius 3 is 1.43 bits per heavy atom. The fourth-order valence-corrected chi connectivity index (χ4v) is 6.96. The Morgan fingerprint density at radius 1 is 0.517 bits per heavy atom. The fourth-order valence-electron chi connectivity index (χ4n) is 6.23. The molecule has 0 spiro atoms. The Kier molecular flexibility index (Phi) is 40.4. The number of nitrogens with zero attached hydrogens (tertiary/aromatic N) is 1. The predicted octanol–water partition coefficient (Wildman–Crippen LogP) is 13.4.